The lowest BCUT2D eigenvalue weighted by atomic mass is 10.1. The van der Waals surface area contributed by atoms with Crippen LogP contribution in [0.3, 0.4) is 0 Å². The molecule has 104 valence electrons. The Kier molecular flexibility index (Phi) is 4.23. The number of sulfone groups is 1. The Morgan fingerprint density at radius 1 is 1.39 bits per heavy atom. The lowest BCUT2D eigenvalue weighted by molar-refractivity contribution is -0.135. The molecule has 2 aliphatic rings. The topological polar surface area (TPSA) is 80.5 Å². The van der Waals surface area contributed by atoms with Crippen molar-refractivity contribution in [1.29, 1.82) is 0 Å². The van der Waals surface area contributed by atoms with E-state index < -0.39 is 15.2 Å². The summed E-state index contributed by atoms with van der Waals surface area (Å²) in [5, 5.41) is -0.652. The van der Waals surface area contributed by atoms with E-state index in [-0.39, 0.29) is 17.9 Å². The van der Waals surface area contributed by atoms with Gasteiger partial charge in [0.05, 0.1) is 0 Å². The van der Waals surface area contributed by atoms with Crippen LogP contribution >= 0.6 is 11.8 Å². The van der Waals surface area contributed by atoms with Gasteiger partial charge in [0.15, 0.2) is 9.84 Å². The third-order valence-corrected chi connectivity index (χ3v) is 6.33. The predicted octanol–water partition coefficient (Wildman–Crippen LogP) is 0.0599. The van der Waals surface area contributed by atoms with Gasteiger partial charge in [-0.3, -0.25) is 4.79 Å². The van der Waals surface area contributed by atoms with Crippen LogP contribution in [0.15, 0.2) is 0 Å². The molecular weight excluding hydrogens is 272 g/mol. The second kappa shape index (κ2) is 5.38. The molecule has 1 amide bonds. The van der Waals surface area contributed by atoms with Crippen LogP contribution in [0.5, 0.6) is 0 Å². The van der Waals surface area contributed by atoms with Crippen molar-refractivity contribution in [3.63, 3.8) is 0 Å². The Bertz CT molecular complexity index is 424. The number of nitrogens with two attached hydrogens (primary N) is 1. The molecule has 2 fully saturated rings. The average molecular weight is 292 g/mol. The highest BCUT2D eigenvalue weighted by Gasteiger charge is 2.38. The lowest BCUT2D eigenvalue weighted by Gasteiger charge is -2.35. The minimum absolute atomic E-state index is 0.0151. The molecule has 1 aliphatic heterocycles. The Labute approximate surface area is 112 Å². The van der Waals surface area contributed by atoms with Gasteiger partial charge in [-0.25, -0.2) is 8.42 Å². The first-order valence-corrected chi connectivity index (χ1v) is 9.33. The van der Waals surface area contributed by atoms with Crippen molar-refractivity contribution < 1.29 is 13.2 Å². The van der Waals surface area contributed by atoms with Gasteiger partial charge >= 0.3 is 0 Å². The lowest BCUT2D eigenvalue weighted by Crippen LogP contribution is -2.51. The molecule has 1 saturated carbocycles. The number of rotatable bonds is 2. The van der Waals surface area contributed by atoms with E-state index in [1.807, 2.05) is 0 Å². The van der Waals surface area contributed by atoms with E-state index >= 15 is 0 Å². The predicted molar refractivity (Wildman–Crippen MR) is 73.0 cm³/mol. The summed E-state index contributed by atoms with van der Waals surface area (Å²) in [7, 11) is -3.21. The molecule has 5 nitrogen and oxygen atoms in total. The normalized spacial score (nSPS) is 33.7. The first-order valence-electron chi connectivity index (χ1n) is 6.22. The molecule has 0 radical (unpaired) electrons. The maximum Gasteiger partial charge on any atom is 0.226 e. The number of carbonyl (C=O) groups excluding carboxylic acids is 1. The zero-order valence-electron chi connectivity index (χ0n) is 10.5. The van der Waals surface area contributed by atoms with Crippen molar-refractivity contribution in [2.75, 3.05) is 24.3 Å². The minimum Gasteiger partial charge on any atom is -0.328 e. The van der Waals surface area contributed by atoms with Gasteiger partial charge in [-0.05, 0) is 19.3 Å². The van der Waals surface area contributed by atoms with Crippen LogP contribution < -0.4 is 5.73 Å². The molecule has 1 saturated heterocycles. The SMILES string of the molecule is CS(=O)(=O)C1CSCCN1C(=O)C1CCC(N)C1. The standard InChI is InChI=1S/C11H20N2O3S2/c1-18(15,16)10-7-17-5-4-13(10)11(14)8-2-3-9(12)6-8/h8-10H,2-7,12H2,1H3. The Morgan fingerprint density at radius 3 is 2.67 bits per heavy atom. The first-order chi connectivity index (χ1) is 8.39. The van der Waals surface area contributed by atoms with Gasteiger partial charge in [0.2, 0.25) is 5.91 Å². The zero-order valence-corrected chi connectivity index (χ0v) is 12.2. The van der Waals surface area contributed by atoms with Crippen molar-refractivity contribution in [3.8, 4) is 0 Å². The number of hydrogen-bond acceptors (Lipinski definition) is 5. The summed E-state index contributed by atoms with van der Waals surface area (Å²) in [5.74, 6) is 1.21. The van der Waals surface area contributed by atoms with E-state index in [0.717, 1.165) is 18.6 Å². The summed E-state index contributed by atoms with van der Waals surface area (Å²) in [6, 6.07) is 0.0924. The molecule has 0 aromatic carbocycles. The first kappa shape index (κ1) is 14.1. The molecule has 18 heavy (non-hydrogen) atoms. The van der Waals surface area contributed by atoms with Gasteiger partial charge in [-0.2, -0.15) is 11.8 Å². The summed E-state index contributed by atoms with van der Waals surface area (Å²) < 4.78 is 23.5. The number of thioether (sulfide) groups is 1. The summed E-state index contributed by atoms with van der Waals surface area (Å²) in [6.45, 7) is 0.535. The van der Waals surface area contributed by atoms with Crippen molar-refractivity contribution in [2.45, 2.75) is 30.7 Å². The van der Waals surface area contributed by atoms with Gasteiger partial charge < -0.3 is 10.6 Å². The van der Waals surface area contributed by atoms with E-state index in [9.17, 15) is 13.2 Å². The van der Waals surface area contributed by atoms with Crippen LogP contribution in [-0.4, -0.2) is 54.9 Å². The summed E-state index contributed by atoms with van der Waals surface area (Å²) in [5.41, 5.74) is 5.82. The fourth-order valence-corrected chi connectivity index (χ4v) is 5.49. The molecular formula is C11H20N2O3S2. The number of carbonyl (C=O) groups is 1. The zero-order chi connectivity index (χ0) is 13.3. The number of nitrogens with zero attached hydrogens (tertiary/aromatic N) is 1. The second-order valence-corrected chi connectivity index (χ2v) is 8.51. The molecule has 2 rings (SSSR count). The highest BCUT2D eigenvalue weighted by Crippen LogP contribution is 2.29. The van der Waals surface area contributed by atoms with Crippen molar-refractivity contribution in [1.82, 2.24) is 4.90 Å². The van der Waals surface area contributed by atoms with Crippen molar-refractivity contribution >= 4 is 27.5 Å². The third-order valence-electron chi connectivity index (χ3n) is 3.68. The van der Waals surface area contributed by atoms with Gasteiger partial charge in [-0.15, -0.1) is 0 Å². The molecule has 1 aliphatic carbocycles. The molecule has 0 bridgehead atoms. The summed E-state index contributed by atoms with van der Waals surface area (Å²) >= 11 is 1.60. The third kappa shape index (κ3) is 3.00. The van der Waals surface area contributed by atoms with Crippen molar-refractivity contribution in [2.24, 2.45) is 11.7 Å². The van der Waals surface area contributed by atoms with Gasteiger partial charge in [0.1, 0.15) is 5.37 Å². The average Bonchev–Trinajstić information content (AvgIpc) is 2.74. The second-order valence-electron chi connectivity index (χ2n) is 5.16. The Balaban J connectivity index is 2.11. The molecule has 3 atom stereocenters. The van der Waals surface area contributed by atoms with Crippen LogP contribution in [0.4, 0.5) is 0 Å². The number of amides is 1. The smallest absolute Gasteiger partial charge is 0.226 e. The highest BCUT2D eigenvalue weighted by molar-refractivity contribution is 8.00. The maximum atomic E-state index is 12.4. The molecule has 1 heterocycles. The number of hydrogen-bond donors (Lipinski definition) is 1. The van der Waals surface area contributed by atoms with Crippen molar-refractivity contribution in [3.05, 3.63) is 0 Å². The molecule has 2 N–H and O–H groups in total. The van der Waals surface area contributed by atoms with Crippen LogP contribution in [0.2, 0.25) is 0 Å². The van der Waals surface area contributed by atoms with Crippen LogP contribution in [-0.2, 0) is 14.6 Å². The van der Waals surface area contributed by atoms with E-state index in [1.165, 1.54) is 6.26 Å². The fourth-order valence-electron chi connectivity index (χ4n) is 2.66. The summed E-state index contributed by atoms with van der Waals surface area (Å²) in [4.78, 5) is 14.0. The quantitative estimate of drug-likeness (QED) is 0.778. The fraction of sp³-hybridized carbons (Fsp3) is 0.909. The van der Waals surface area contributed by atoms with Crippen LogP contribution in [0, 0.1) is 5.92 Å². The van der Waals surface area contributed by atoms with E-state index in [2.05, 4.69) is 0 Å². The van der Waals surface area contributed by atoms with E-state index in [0.29, 0.717) is 18.7 Å². The minimum atomic E-state index is -3.21. The molecule has 3 unspecified atom stereocenters. The van der Waals surface area contributed by atoms with E-state index in [1.54, 1.807) is 16.7 Å². The molecule has 0 aromatic rings. The molecule has 0 aromatic heterocycles. The Morgan fingerprint density at radius 2 is 2.11 bits per heavy atom. The van der Waals surface area contributed by atoms with Gasteiger partial charge in [0.25, 0.3) is 0 Å². The monoisotopic (exact) mass is 292 g/mol. The van der Waals surface area contributed by atoms with E-state index in [4.69, 9.17) is 5.73 Å². The Hall–Kier alpha value is -0.270. The molecule has 7 heteroatoms. The van der Waals surface area contributed by atoms with Gasteiger partial charge in [-0.1, -0.05) is 0 Å². The highest BCUT2D eigenvalue weighted by atomic mass is 32.2. The maximum absolute atomic E-state index is 12.4. The largest absolute Gasteiger partial charge is 0.328 e. The van der Waals surface area contributed by atoms with Gasteiger partial charge in [0, 0.05) is 36.3 Å². The van der Waals surface area contributed by atoms with Crippen LogP contribution in [0.25, 0.3) is 0 Å². The summed E-state index contributed by atoms with van der Waals surface area (Å²) in [6.07, 6.45) is 3.56. The van der Waals surface area contributed by atoms with Crippen LogP contribution in [0.1, 0.15) is 19.3 Å². The molecule has 0 spiro atoms.